The summed E-state index contributed by atoms with van der Waals surface area (Å²) in [6.07, 6.45) is 2.87. The van der Waals surface area contributed by atoms with E-state index in [-0.39, 0.29) is 0 Å². The van der Waals surface area contributed by atoms with Crippen LogP contribution in [0.5, 0.6) is 0 Å². The largest absolute Gasteiger partial charge is 0.451 e. The van der Waals surface area contributed by atoms with Gasteiger partial charge in [-0.05, 0) is 25.8 Å². The molecule has 0 radical (unpaired) electrons. The number of carbonyl (C=O) groups is 3. The Balaban J connectivity index is 1.52. The number of hydrogen-bond donors (Lipinski definition) is 2. The molecular formula is C21H22ClN3O4S. The third-order valence-corrected chi connectivity index (χ3v) is 6.77. The van der Waals surface area contributed by atoms with E-state index in [4.69, 9.17) is 16.3 Å². The number of halogens is 1. The van der Waals surface area contributed by atoms with Gasteiger partial charge < -0.3 is 15.4 Å². The molecule has 9 heteroatoms. The highest BCUT2D eigenvalue weighted by Gasteiger charge is 2.35. The molecule has 1 heterocycles. The monoisotopic (exact) mass is 447 g/mol. The Kier molecular flexibility index (Phi) is 6.95. The minimum absolute atomic E-state index is 0.310. The minimum atomic E-state index is -1.07. The van der Waals surface area contributed by atoms with Gasteiger partial charge in [-0.2, -0.15) is 5.26 Å². The first-order valence-corrected chi connectivity index (χ1v) is 10.9. The van der Waals surface area contributed by atoms with E-state index in [0.29, 0.717) is 22.7 Å². The van der Waals surface area contributed by atoms with Gasteiger partial charge in [-0.1, -0.05) is 49.1 Å². The number of nitrogens with one attached hydrogen (secondary N) is 2. The highest BCUT2D eigenvalue weighted by molar-refractivity contribution is 7.21. The molecular weight excluding hydrogens is 426 g/mol. The lowest BCUT2D eigenvalue weighted by molar-refractivity contribution is -0.154. The van der Waals surface area contributed by atoms with Crippen molar-refractivity contribution in [3.05, 3.63) is 34.2 Å². The fourth-order valence-electron chi connectivity index (χ4n) is 3.44. The number of carbonyl (C=O) groups excluding carboxylic acids is 3. The van der Waals surface area contributed by atoms with Gasteiger partial charge in [-0.3, -0.25) is 14.4 Å². The summed E-state index contributed by atoms with van der Waals surface area (Å²) in [7, 11) is 0. The number of fused-ring (bicyclic) bond motifs is 1. The third-order valence-electron chi connectivity index (χ3n) is 5.10. The van der Waals surface area contributed by atoms with Crippen LogP contribution in [0.15, 0.2) is 24.3 Å². The van der Waals surface area contributed by atoms with Crippen molar-refractivity contribution in [3.63, 3.8) is 0 Å². The summed E-state index contributed by atoms with van der Waals surface area (Å²) in [5.74, 6) is -1.76. The molecule has 0 aliphatic heterocycles. The van der Waals surface area contributed by atoms with Gasteiger partial charge in [0.05, 0.1) is 11.1 Å². The van der Waals surface area contributed by atoms with Crippen molar-refractivity contribution >= 4 is 50.8 Å². The summed E-state index contributed by atoms with van der Waals surface area (Å²) in [5.41, 5.74) is -0.901. The second kappa shape index (κ2) is 9.45. The molecule has 1 atom stereocenters. The first kappa shape index (κ1) is 22.1. The average Bonchev–Trinajstić information content (AvgIpc) is 3.09. The molecule has 2 N–H and O–H groups in total. The predicted octanol–water partition coefficient (Wildman–Crippen LogP) is 3.56. The van der Waals surface area contributed by atoms with Crippen LogP contribution in [0.3, 0.4) is 0 Å². The van der Waals surface area contributed by atoms with Gasteiger partial charge in [0.25, 0.3) is 11.8 Å². The van der Waals surface area contributed by atoms with E-state index >= 15 is 0 Å². The minimum Gasteiger partial charge on any atom is -0.451 e. The highest BCUT2D eigenvalue weighted by atomic mass is 35.5. The van der Waals surface area contributed by atoms with E-state index in [1.807, 2.05) is 24.3 Å². The van der Waals surface area contributed by atoms with Crippen molar-refractivity contribution in [1.82, 2.24) is 10.6 Å². The van der Waals surface area contributed by atoms with Crippen LogP contribution in [0.25, 0.3) is 10.1 Å². The molecule has 0 bridgehead atoms. The number of ether oxygens (including phenoxy) is 1. The van der Waals surface area contributed by atoms with Crippen LogP contribution in [-0.4, -0.2) is 36.0 Å². The molecule has 0 spiro atoms. The fourth-order valence-corrected chi connectivity index (χ4v) is 4.88. The number of nitrogens with zero attached hydrogens (tertiary/aromatic N) is 1. The Hall–Kier alpha value is -2.63. The van der Waals surface area contributed by atoms with Crippen molar-refractivity contribution in [3.8, 4) is 6.07 Å². The Morgan fingerprint density at radius 1 is 1.27 bits per heavy atom. The van der Waals surface area contributed by atoms with E-state index in [1.165, 1.54) is 18.3 Å². The van der Waals surface area contributed by atoms with Crippen LogP contribution in [-0.2, 0) is 14.3 Å². The van der Waals surface area contributed by atoms with Gasteiger partial charge in [0.1, 0.15) is 17.0 Å². The van der Waals surface area contributed by atoms with Crippen LogP contribution in [0.4, 0.5) is 0 Å². The van der Waals surface area contributed by atoms with Crippen LogP contribution >= 0.6 is 22.9 Å². The van der Waals surface area contributed by atoms with E-state index in [1.54, 1.807) is 0 Å². The molecule has 1 aromatic heterocycles. The number of benzene rings is 1. The molecule has 1 aliphatic carbocycles. The van der Waals surface area contributed by atoms with E-state index in [2.05, 4.69) is 16.7 Å². The fraction of sp³-hybridized carbons (Fsp3) is 0.429. The molecule has 7 nitrogen and oxygen atoms in total. The molecule has 1 fully saturated rings. The van der Waals surface area contributed by atoms with Crippen molar-refractivity contribution in [2.75, 3.05) is 6.54 Å². The molecule has 30 heavy (non-hydrogen) atoms. The van der Waals surface area contributed by atoms with Crippen molar-refractivity contribution in [1.29, 1.82) is 5.26 Å². The number of nitriles is 1. The zero-order chi connectivity index (χ0) is 21.7. The maximum atomic E-state index is 12.4. The average molecular weight is 448 g/mol. The molecule has 0 unspecified atom stereocenters. The Labute approximate surface area is 183 Å². The van der Waals surface area contributed by atoms with Crippen LogP contribution in [0.2, 0.25) is 5.02 Å². The van der Waals surface area contributed by atoms with E-state index < -0.39 is 36.0 Å². The van der Waals surface area contributed by atoms with Gasteiger partial charge in [-0.15, -0.1) is 11.3 Å². The standard InChI is InChI=1S/C21H22ClN3O4S/c1-13(19(27)25-21(12-23)9-5-2-6-10-21)29-16(26)11-24-20(28)18-17(22)14-7-3-4-8-15(14)30-18/h3-4,7-8,13H,2,5-6,9-11H2,1H3,(H,24,28)(H,25,27)/t13-/m1/s1. The lowest BCUT2D eigenvalue weighted by atomic mass is 9.83. The smallest absolute Gasteiger partial charge is 0.326 e. The number of esters is 1. The first-order valence-electron chi connectivity index (χ1n) is 9.73. The van der Waals surface area contributed by atoms with Crippen LogP contribution < -0.4 is 10.6 Å². The lowest BCUT2D eigenvalue weighted by Crippen LogP contribution is -2.52. The summed E-state index contributed by atoms with van der Waals surface area (Å²) in [6, 6.07) is 9.55. The number of rotatable bonds is 6. The zero-order valence-corrected chi connectivity index (χ0v) is 18.1. The van der Waals surface area contributed by atoms with Crippen molar-refractivity contribution < 1.29 is 19.1 Å². The maximum Gasteiger partial charge on any atom is 0.326 e. The summed E-state index contributed by atoms with van der Waals surface area (Å²) < 4.78 is 5.98. The molecule has 158 valence electrons. The maximum absolute atomic E-state index is 12.4. The van der Waals surface area contributed by atoms with Crippen LogP contribution in [0, 0.1) is 11.3 Å². The topological polar surface area (TPSA) is 108 Å². The zero-order valence-electron chi connectivity index (χ0n) is 16.5. The third kappa shape index (κ3) is 4.91. The van der Waals surface area contributed by atoms with Gasteiger partial charge in [0, 0.05) is 10.1 Å². The molecule has 1 aromatic carbocycles. The van der Waals surface area contributed by atoms with Gasteiger partial charge in [-0.25, -0.2) is 0 Å². The number of amides is 2. The SMILES string of the molecule is C[C@@H](OC(=O)CNC(=O)c1sc2ccccc2c1Cl)C(=O)NC1(C#N)CCCCC1. The summed E-state index contributed by atoms with van der Waals surface area (Å²) in [4.78, 5) is 37.2. The van der Waals surface area contributed by atoms with E-state index in [0.717, 1.165) is 29.3 Å². The summed E-state index contributed by atoms with van der Waals surface area (Å²) in [5, 5.41) is 15.8. The normalized spacial score (nSPS) is 16.3. The Morgan fingerprint density at radius 2 is 1.97 bits per heavy atom. The second-order valence-corrected chi connectivity index (χ2v) is 8.73. The Bertz CT molecular complexity index is 1010. The van der Waals surface area contributed by atoms with Gasteiger partial charge >= 0.3 is 5.97 Å². The quantitative estimate of drug-likeness (QED) is 0.658. The first-order chi connectivity index (χ1) is 14.3. The molecule has 2 amide bonds. The van der Waals surface area contributed by atoms with Crippen molar-refractivity contribution in [2.24, 2.45) is 0 Å². The second-order valence-electron chi connectivity index (χ2n) is 7.30. The molecule has 0 saturated heterocycles. The predicted molar refractivity (Wildman–Crippen MR) is 114 cm³/mol. The van der Waals surface area contributed by atoms with Gasteiger partial charge in [0.15, 0.2) is 6.10 Å². The number of thiophene rings is 1. The van der Waals surface area contributed by atoms with E-state index in [9.17, 15) is 19.6 Å². The lowest BCUT2D eigenvalue weighted by Gasteiger charge is -2.32. The Morgan fingerprint density at radius 3 is 2.63 bits per heavy atom. The number of hydrogen-bond acceptors (Lipinski definition) is 6. The molecule has 2 aromatic rings. The van der Waals surface area contributed by atoms with Crippen LogP contribution in [0.1, 0.15) is 48.7 Å². The summed E-state index contributed by atoms with van der Waals surface area (Å²) in [6.45, 7) is 1.04. The van der Waals surface area contributed by atoms with Gasteiger partial charge in [0.2, 0.25) is 0 Å². The molecule has 3 rings (SSSR count). The highest BCUT2D eigenvalue weighted by Crippen LogP contribution is 2.35. The van der Waals surface area contributed by atoms with Crippen molar-refractivity contribution in [2.45, 2.75) is 50.7 Å². The molecule has 1 aliphatic rings. The molecule has 1 saturated carbocycles. The summed E-state index contributed by atoms with van der Waals surface area (Å²) >= 11 is 7.50.